The first-order valence-corrected chi connectivity index (χ1v) is 6.26. The Morgan fingerprint density at radius 2 is 2.14 bits per heavy atom. The molecule has 2 rings (SSSR count). The van der Waals surface area contributed by atoms with Crippen LogP contribution < -0.4 is 5.32 Å². The molecule has 1 aliphatic carbocycles. The zero-order valence-corrected chi connectivity index (χ0v) is 10.1. The molecule has 0 unspecified atom stereocenters. The van der Waals surface area contributed by atoms with Crippen molar-refractivity contribution in [2.75, 3.05) is 0 Å². The van der Waals surface area contributed by atoms with Gasteiger partial charge in [0.1, 0.15) is 0 Å². The first-order chi connectivity index (χ1) is 6.65. The Balaban J connectivity index is 1.80. The molecule has 0 spiro atoms. The summed E-state index contributed by atoms with van der Waals surface area (Å²) in [5, 5.41) is 3.62. The highest BCUT2D eigenvalue weighted by molar-refractivity contribution is 7.12. The van der Waals surface area contributed by atoms with Gasteiger partial charge in [0.2, 0.25) is 0 Å². The second-order valence-electron chi connectivity index (χ2n) is 4.61. The Hall–Kier alpha value is -0.340. The van der Waals surface area contributed by atoms with E-state index < -0.39 is 0 Å². The summed E-state index contributed by atoms with van der Waals surface area (Å²) in [5.41, 5.74) is 1.44. The number of rotatable bonds is 3. The second kappa shape index (κ2) is 4.03. The number of hydrogen-bond acceptors (Lipinski definition) is 2. The fraction of sp³-hybridized carbons (Fsp3) is 0.667. The third-order valence-electron chi connectivity index (χ3n) is 3.16. The van der Waals surface area contributed by atoms with E-state index >= 15 is 0 Å². The van der Waals surface area contributed by atoms with Crippen molar-refractivity contribution in [2.45, 2.75) is 46.2 Å². The van der Waals surface area contributed by atoms with Crippen molar-refractivity contribution in [3.05, 3.63) is 21.4 Å². The highest BCUT2D eigenvalue weighted by Crippen LogP contribution is 2.27. The van der Waals surface area contributed by atoms with Crippen molar-refractivity contribution in [3.63, 3.8) is 0 Å². The van der Waals surface area contributed by atoms with E-state index in [1.165, 1.54) is 28.2 Å². The van der Waals surface area contributed by atoms with E-state index in [1.807, 2.05) is 11.3 Å². The van der Waals surface area contributed by atoms with Crippen LogP contribution in [-0.2, 0) is 6.54 Å². The van der Waals surface area contributed by atoms with Crippen LogP contribution in [0.3, 0.4) is 0 Å². The van der Waals surface area contributed by atoms with E-state index in [9.17, 15) is 0 Å². The largest absolute Gasteiger partial charge is 0.309 e. The summed E-state index contributed by atoms with van der Waals surface area (Å²) in [4.78, 5) is 2.95. The molecule has 0 aromatic carbocycles. The molecule has 1 aromatic rings. The summed E-state index contributed by atoms with van der Waals surface area (Å²) in [6.07, 6.45) is 2.73. The van der Waals surface area contributed by atoms with Gasteiger partial charge in [-0.15, -0.1) is 11.3 Å². The van der Waals surface area contributed by atoms with Crippen molar-refractivity contribution < 1.29 is 0 Å². The topological polar surface area (TPSA) is 12.0 Å². The molecular weight excluding hydrogens is 190 g/mol. The Bertz CT molecular complexity index is 291. The van der Waals surface area contributed by atoms with E-state index in [2.05, 4.69) is 32.2 Å². The Morgan fingerprint density at radius 1 is 1.43 bits per heavy atom. The van der Waals surface area contributed by atoms with Crippen molar-refractivity contribution >= 4 is 11.3 Å². The lowest BCUT2D eigenvalue weighted by Crippen LogP contribution is -2.39. The molecule has 78 valence electrons. The smallest absolute Gasteiger partial charge is 0.0302 e. The minimum Gasteiger partial charge on any atom is -0.309 e. The van der Waals surface area contributed by atoms with Gasteiger partial charge in [-0.3, -0.25) is 0 Å². The SMILES string of the molecule is Cc1cc(CNC2CC(C)C2)sc1C. The molecule has 14 heavy (non-hydrogen) atoms. The highest BCUT2D eigenvalue weighted by atomic mass is 32.1. The Morgan fingerprint density at radius 3 is 2.64 bits per heavy atom. The third kappa shape index (κ3) is 2.18. The van der Waals surface area contributed by atoms with Crippen LogP contribution in [0.25, 0.3) is 0 Å². The molecule has 1 fully saturated rings. The van der Waals surface area contributed by atoms with Gasteiger partial charge >= 0.3 is 0 Å². The maximum Gasteiger partial charge on any atom is 0.0302 e. The summed E-state index contributed by atoms with van der Waals surface area (Å²) in [5.74, 6) is 0.944. The molecule has 0 bridgehead atoms. The van der Waals surface area contributed by atoms with Crippen LogP contribution in [0.4, 0.5) is 0 Å². The molecule has 0 saturated heterocycles. The molecule has 2 heteroatoms. The average molecular weight is 209 g/mol. The molecule has 0 radical (unpaired) electrons. The summed E-state index contributed by atoms with van der Waals surface area (Å²) in [6.45, 7) is 7.80. The van der Waals surface area contributed by atoms with Gasteiger partial charge in [-0.2, -0.15) is 0 Å². The van der Waals surface area contributed by atoms with E-state index in [0.29, 0.717) is 0 Å². The summed E-state index contributed by atoms with van der Waals surface area (Å²) in [6, 6.07) is 3.10. The normalized spacial score (nSPS) is 26.2. The number of nitrogens with one attached hydrogen (secondary N) is 1. The minimum atomic E-state index is 0.785. The van der Waals surface area contributed by atoms with Crippen LogP contribution in [0.2, 0.25) is 0 Å². The van der Waals surface area contributed by atoms with Crippen molar-refractivity contribution in [1.29, 1.82) is 0 Å². The van der Waals surface area contributed by atoms with Crippen LogP contribution in [0.5, 0.6) is 0 Å². The summed E-state index contributed by atoms with van der Waals surface area (Å²) in [7, 11) is 0. The average Bonchev–Trinajstić information content (AvgIpc) is 2.39. The highest BCUT2D eigenvalue weighted by Gasteiger charge is 2.24. The Labute approximate surface area is 90.5 Å². The van der Waals surface area contributed by atoms with E-state index in [4.69, 9.17) is 0 Å². The third-order valence-corrected chi connectivity index (χ3v) is 4.31. The molecule has 0 amide bonds. The van der Waals surface area contributed by atoms with Crippen LogP contribution in [0.15, 0.2) is 6.07 Å². The van der Waals surface area contributed by atoms with Gasteiger partial charge in [0, 0.05) is 22.3 Å². The van der Waals surface area contributed by atoms with Gasteiger partial charge in [-0.05, 0) is 44.2 Å². The quantitative estimate of drug-likeness (QED) is 0.805. The number of hydrogen-bond donors (Lipinski definition) is 1. The second-order valence-corrected chi connectivity index (χ2v) is 5.95. The van der Waals surface area contributed by atoms with Crippen LogP contribution in [-0.4, -0.2) is 6.04 Å². The lowest BCUT2D eigenvalue weighted by molar-refractivity contribution is 0.241. The monoisotopic (exact) mass is 209 g/mol. The van der Waals surface area contributed by atoms with E-state index in [0.717, 1.165) is 18.5 Å². The molecule has 1 aromatic heterocycles. The predicted octanol–water partition coefficient (Wildman–Crippen LogP) is 3.25. The zero-order valence-electron chi connectivity index (χ0n) is 9.26. The predicted molar refractivity (Wildman–Crippen MR) is 62.8 cm³/mol. The fourth-order valence-electron chi connectivity index (χ4n) is 2.05. The molecule has 1 saturated carbocycles. The number of aryl methyl sites for hydroxylation is 2. The van der Waals surface area contributed by atoms with Gasteiger partial charge in [0.25, 0.3) is 0 Å². The first-order valence-electron chi connectivity index (χ1n) is 5.44. The van der Waals surface area contributed by atoms with Gasteiger partial charge in [0.05, 0.1) is 0 Å². The van der Waals surface area contributed by atoms with Crippen molar-refractivity contribution in [2.24, 2.45) is 5.92 Å². The summed E-state index contributed by atoms with van der Waals surface area (Å²) < 4.78 is 0. The van der Waals surface area contributed by atoms with Crippen LogP contribution >= 0.6 is 11.3 Å². The Kier molecular flexibility index (Phi) is 2.93. The lowest BCUT2D eigenvalue weighted by Gasteiger charge is -2.33. The molecule has 1 nitrogen and oxygen atoms in total. The van der Waals surface area contributed by atoms with Gasteiger partial charge in [-0.1, -0.05) is 6.92 Å². The van der Waals surface area contributed by atoms with Crippen LogP contribution in [0.1, 0.15) is 35.1 Å². The van der Waals surface area contributed by atoms with Gasteiger partial charge in [-0.25, -0.2) is 0 Å². The molecule has 1 aliphatic rings. The lowest BCUT2D eigenvalue weighted by atomic mass is 9.82. The molecule has 1 heterocycles. The molecular formula is C12H19NS. The van der Waals surface area contributed by atoms with E-state index in [-0.39, 0.29) is 0 Å². The standard InChI is InChI=1S/C12H19NS/c1-8-4-11(5-8)13-7-12-6-9(2)10(3)14-12/h6,8,11,13H,4-5,7H2,1-3H3. The zero-order chi connectivity index (χ0) is 10.1. The summed E-state index contributed by atoms with van der Waals surface area (Å²) >= 11 is 1.93. The van der Waals surface area contributed by atoms with Gasteiger partial charge < -0.3 is 5.32 Å². The number of thiophene rings is 1. The first kappa shape index (κ1) is 10.2. The fourth-order valence-corrected chi connectivity index (χ4v) is 3.06. The van der Waals surface area contributed by atoms with Gasteiger partial charge in [0.15, 0.2) is 0 Å². The maximum absolute atomic E-state index is 3.62. The molecule has 0 aliphatic heterocycles. The van der Waals surface area contributed by atoms with E-state index in [1.54, 1.807) is 0 Å². The minimum absolute atomic E-state index is 0.785. The molecule has 0 atom stereocenters. The van der Waals surface area contributed by atoms with Crippen molar-refractivity contribution in [3.8, 4) is 0 Å². The van der Waals surface area contributed by atoms with Crippen LogP contribution in [0, 0.1) is 19.8 Å². The maximum atomic E-state index is 3.62. The van der Waals surface area contributed by atoms with Crippen molar-refractivity contribution in [1.82, 2.24) is 5.32 Å². The molecule has 1 N–H and O–H groups in total.